The fourth-order valence-corrected chi connectivity index (χ4v) is 1.59. The van der Waals surface area contributed by atoms with Crippen LogP contribution in [0.2, 0.25) is 19.6 Å². The minimum atomic E-state index is -1.39. The van der Waals surface area contributed by atoms with E-state index >= 15 is 0 Å². The average Bonchev–Trinajstić information content (AvgIpc) is 2.12. The molecule has 0 saturated carbocycles. The molecule has 0 aromatic carbocycles. The van der Waals surface area contributed by atoms with Crippen molar-refractivity contribution in [2.45, 2.75) is 39.9 Å². The summed E-state index contributed by atoms with van der Waals surface area (Å²) in [5.74, 6) is 3.30. The lowest BCUT2D eigenvalue weighted by molar-refractivity contribution is -0.134. The van der Waals surface area contributed by atoms with Gasteiger partial charge in [0, 0.05) is 11.6 Å². The Morgan fingerprint density at radius 1 is 1.38 bits per heavy atom. The highest BCUT2D eigenvalue weighted by molar-refractivity contribution is 6.83. The van der Waals surface area contributed by atoms with E-state index in [4.69, 9.17) is 0 Å². The second kappa shape index (κ2) is 6.54. The molecule has 90 valence electrons. The molecule has 0 N–H and O–H groups in total. The van der Waals surface area contributed by atoms with Gasteiger partial charge in [-0.2, -0.15) is 0 Å². The van der Waals surface area contributed by atoms with Crippen molar-refractivity contribution < 1.29 is 9.53 Å². The van der Waals surface area contributed by atoms with Gasteiger partial charge in [-0.15, -0.1) is 5.54 Å². The minimum absolute atomic E-state index is 0.319. The van der Waals surface area contributed by atoms with E-state index in [2.05, 4.69) is 49.7 Å². The zero-order chi connectivity index (χ0) is 12.8. The van der Waals surface area contributed by atoms with Gasteiger partial charge in [0.1, 0.15) is 8.07 Å². The number of carbonyl (C=O) groups is 1. The van der Waals surface area contributed by atoms with E-state index in [0.717, 1.165) is 12.0 Å². The van der Waals surface area contributed by atoms with Crippen LogP contribution in [-0.2, 0) is 9.53 Å². The van der Waals surface area contributed by atoms with Crippen molar-refractivity contribution in [1.29, 1.82) is 0 Å². The van der Waals surface area contributed by atoms with Gasteiger partial charge >= 0.3 is 5.97 Å². The van der Waals surface area contributed by atoms with Crippen LogP contribution in [0.5, 0.6) is 0 Å². The highest BCUT2D eigenvalue weighted by Crippen LogP contribution is 2.10. The molecule has 0 aliphatic heterocycles. The van der Waals surface area contributed by atoms with Crippen LogP contribution in [0.15, 0.2) is 11.6 Å². The van der Waals surface area contributed by atoms with Crippen LogP contribution >= 0.6 is 0 Å². The van der Waals surface area contributed by atoms with Gasteiger partial charge in [-0.3, -0.25) is 0 Å². The van der Waals surface area contributed by atoms with Crippen LogP contribution in [0.1, 0.15) is 20.3 Å². The van der Waals surface area contributed by atoms with E-state index in [1.807, 2.05) is 0 Å². The van der Waals surface area contributed by atoms with E-state index in [1.54, 1.807) is 0 Å². The Kier molecular flexibility index (Phi) is 6.13. The molecule has 0 bridgehead atoms. The fraction of sp³-hybridized carbons (Fsp3) is 0.615. The van der Waals surface area contributed by atoms with Gasteiger partial charge in [0.15, 0.2) is 0 Å². The minimum Gasteiger partial charge on any atom is -0.466 e. The molecule has 0 radical (unpaired) electrons. The molecule has 0 spiro atoms. The lowest BCUT2D eigenvalue weighted by Gasteiger charge is -2.06. The molecule has 0 fully saturated rings. The first kappa shape index (κ1) is 15.0. The van der Waals surface area contributed by atoms with Crippen molar-refractivity contribution in [2.75, 3.05) is 7.11 Å². The Morgan fingerprint density at radius 2 is 1.94 bits per heavy atom. The first-order valence-corrected chi connectivity index (χ1v) is 9.06. The van der Waals surface area contributed by atoms with Gasteiger partial charge < -0.3 is 4.74 Å². The third kappa shape index (κ3) is 8.31. The maximum atomic E-state index is 11.2. The molecule has 2 nitrogen and oxygen atoms in total. The topological polar surface area (TPSA) is 26.3 Å². The second-order valence-electron chi connectivity index (χ2n) is 5.29. The monoisotopic (exact) mass is 238 g/mol. The Balaban J connectivity index is 4.87. The van der Waals surface area contributed by atoms with Crippen LogP contribution in [0.25, 0.3) is 0 Å². The smallest absolute Gasteiger partial charge is 0.331 e. The fourth-order valence-electron chi connectivity index (χ4n) is 1.05. The van der Waals surface area contributed by atoms with Gasteiger partial charge in [0.2, 0.25) is 0 Å². The van der Waals surface area contributed by atoms with Crippen molar-refractivity contribution in [3.05, 3.63) is 11.6 Å². The molecule has 0 aliphatic rings. The summed E-state index contributed by atoms with van der Waals surface area (Å²) in [4.78, 5) is 11.2. The third-order valence-corrected chi connectivity index (χ3v) is 2.59. The number of esters is 1. The predicted molar refractivity (Wildman–Crippen MR) is 70.7 cm³/mol. The zero-order valence-electron chi connectivity index (χ0n) is 11.2. The Hall–Kier alpha value is -1.01. The molecule has 0 heterocycles. The van der Waals surface area contributed by atoms with Crippen LogP contribution in [0, 0.1) is 17.4 Å². The van der Waals surface area contributed by atoms with Gasteiger partial charge in [-0.05, 0) is 12.3 Å². The number of allylic oxidation sites excluding steroid dienone is 1. The lowest BCUT2D eigenvalue weighted by Crippen LogP contribution is -2.16. The van der Waals surface area contributed by atoms with Crippen LogP contribution in [0.4, 0.5) is 0 Å². The SMILES string of the molecule is COC(=O)/C=C(/C#C[Si](C)(C)C)CC(C)C. The number of ether oxygens (including phenoxy) is 1. The number of rotatable bonds is 3. The predicted octanol–water partition coefficient (Wildman–Crippen LogP) is 3.01. The number of methoxy groups -OCH3 is 1. The molecular weight excluding hydrogens is 216 g/mol. The summed E-state index contributed by atoms with van der Waals surface area (Å²) in [6.45, 7) is 10.8. The van der Waals surface area contributed by atoms with E-state index in [0.29, 0.717) is 5.92 Å². The van der Waals surface area contributed by atoms with Gasteiger partial charge in [-0.25, -0.2) is 4.79 Å². The summed E-state index contributed by atoms with van der Waals surface area (Å²) in [5.41, 5.74) is 4.15. The summed E-state index contributed by atoms with van der Waals surface area (Å²) < 4.78 is 4.62. The zero-order valence-corrected chi connectivity index (χ0v) is 12.2. The molecule has 16 heavy (non-hydrogen) atoms. The Bertz CT molecular complexity index is 324. The van der Waals surface area contributed by atoms with Crippen LogP contribution in [0.3, 0.4) is 0 Å². The van der Waals surface area contributed by atoms with E-state index in [-0.39, 0.29) is 5.97 Å². The molecule has 0 amide bonds. The standard InChI is InChI=1S/C13H22O2Si/c1-11(2)9-12(10-13(14)15-3)7-8-16(4,5)6/h10-11H,9H2,1-6H3/b12-10-. The summed E-state index contributed by atoms with van der Waals surface area (Å²) in [7, 11) is 0.000353. The van der Waals surface area contributed by atoms with Crippen molar-refractivity contribution >= 4 is 14.0 Å². The largest absolute Gasteiger partial charge is 0.466 e. The van der Waals surface area contributed by atoms with Crippen LogP contribution < -0.4 is 0 Å². The first-order chi connectivity index (χ1) is 7.24. The molecule has 0 aromatic rings. The first-order valence-electron chi connectivity index (χ1n) is 5.56. The van der Waals surface area contributed by atoms with Crippen molar-refractivity contribution in [2.24, 2.45) is 5.92 Å². The molecule has 0 atom stereocenters. The molecular formula is C13H22O2Si. The lowest BCUT2D eigenvalue weighted by atomic mass is 10.0. The third-order valence-electron chi connectivity index (χ3n) is 1.72. The molecule has 0 unspecified atom stereocenters. The normalized spacial score (nSPS) is 12.1. The van der Waals surface area contributed by atoms with E-state index in [1.165, 1.54) is 13.2 Å². The maximum absolute atomic E-state index is 11.2. The Morgan fingerprint density at radius 3 is 2.31 bits per heavy atom. The Labute approximate surface area is 100 Å². The highest BCUT2D eigenvalue weighted by atomic mass is 28.3. The van der Waals surface area contributed by atoms with Crippen molar-refractivity contribution in [3.8, 4) is 11.5 Å². The van der Waals surface area contributed by atoms with E-state index in [9.17, 15) is 4.79 Å². The number of hydrogen-bond acceptors (Lipinski definition) is 2. The summed E-state index contributed by atoms with van der Waals surface area (Å²) in [6, 6.07) is 0. The quantitative estimate of drug-likeness (QED) is 0.327. The van der Waals surface area contributed by atoms with Crippen molar-refractivity contribution in [3.63, 3.8) is 0 Å². The van der Waals surface area contributed by atoms with Gasteiger partial charge in [-0.1, -0.05) is 39.4 Å². The molecule has 0 rings (SSSR count). The summed E-state index contributed by atoms with van der Waals surface area (Å²) >= 11 is 0. The van der Waals surface area contributed by atoms with Crippen molar-refractivity contribution in [1.82, 2.24) is 0 Å². The molecule has 0 saturated heterocycles. The van der Waals surface area contributed by atoms with E-state index < -0.39 is 8.07 Å². The molecule has 3 heteroatoms. The van der Waals surface area contributed by atoms with Gasteiger partial charge in [0.25, 0.3) is 0 Å². The maximum Gasteiger partial charge on any atom is 0.331 e. The second-order valence-corrected chi connectivity index (χ2v) is 10.0. The average molecular weight is 238 g/mol. The molecule has 0 aromatic heterocycles. The highest BCUT2D eigenvalue weighted by Gasteiger charge is 2.09. The van der Waals surface area contributed by atoms with Gasteiger partial charge in [0.05, 0.1) is 7.11 Å². The summed E-state index contributed by atoms with van der Waals surface area (Å²) in [5, 5.41) is 0. The van der Waals surface area contributed by atoms with Crippen LogP contribution in [-0.4, -0.2) is 21.2 Å². The summed E-state index contributed by atoms with van der Waals surface area (Å²) in [6.07, 6.45) is 2.33. The number of carbonyl (C=O) groups excluding carboxylic acids is 1. The number of hydrogen-bond donors (Lipinski definition) is 0. The molecule has 0 aliphatic carbocycles.